The van der Waals surface area contributed by atoms with Gasteiger partial charge in [-0.25, -0.2) is 23.2 Å². The van der Waals surface area contributed by atoms with E-state index >= 15 is 0 Å². The monoisotopic (exact) mass is 1050 g/mol. The molecule has 6 heterocycles. The summed E-state index contributed by atoms with van der Waals surface area (Å²) in [6, 6.07) is 20.0. The Hall–Kier alpha value is -6.58. The van der Waals surface area contributed by atoms with Crippen molar-refractivity contribution in [3.05, 3.63) is 99.8 Å². The number of piperidine rings is 2. The number of aromatic nitrogens is 3. The lowest BCUT2D eigenvalue weighted by molar-refractivity contribution is -0.139. The summed E-state index contributed by atoms with van der Waals surface area (Å²) in [5.74, 6) is -0.229. The molecule has 386 valence electrons. The van der Waals surface area contributed by atoms with Crippen molar-refractivity contribution in [3.63, 3.8) is 0 Å². The highest BCUT2D eigenvalue weighted by Gasteiger charge is 2.42. The highest BCUT2D eigenvalue weighted by atomic mass is 35.5. The number of aliphatic carboxylic acids is 1. The molecule has 4 N–H and O–H groups in total. The van der Waals surface area contributed by atoms with Crippen LogP contribution in [0.5, 0.6) is 5.75 Å². The van der Waals surface area contributed by atoms with E-state index in [4.69, 9.17) is 46.1 Å². The number of amides is 3. The Morgan fingerprint density at radius 1 is 0.986 bits per heavy atom. The molecule has 73 heavy (non-hydrogen) atoms. The summed E-state index contributed by atoms with van der Waals surface area (Å²) in [6.07, 6.45) is 9.35. The van der Waals surface area contributed by atoms with Crippen LogP contribution in [-0.4, -0.2) is 120 Å². The average Bonchev–Trinajstić information content (AvgIpc) is 3.86. The number of pyridine rings is 1. The van der Waals surface area contributed by atoms with E-state index in [1.165, 1.54) is 11.8 Å². The lowest BCUT2D eigenvalue weighted by Crippen LogP contribution is -2.55. The second kappa shape index (κ2) is 23.5. The normalized spacial score (nSPS) is 17.0. The first-order valence-corrected chi connectivity index (χ1v) is 26.7. The van der Waals surface area contributed by atoms with Crippen LogP contribution < -0.4 is 25.2 Å². The van der Waals surface area contributed by atoms with Gasteiger partial charge in [-0.3, -0.25) is 24.2 Å². The van der Waals surface area contributed by atoms with Crippen molar-refractivity contribution in [1.82, 2.24) is 24.6 Å². The Labute approximate surface area is 432 Å². The molecule has 0 radical (unpaired) electrons. The fourth-order valence-corrected chi connectivity index (χ4v) is 13.5. The minimum absolute atomic E-state index is 0.0430. The molecular formula is C52H59ClN8O10S2. The number of imide groups is 1. The van der Waals surface area contributed by atoms with Crippen molar-refractivity contribution < 1.29 is 47.3 Å². The van der Waals surface area contributed by atoms with Crippen molar-refractivity contribution in [1.29, 1.82) is 0 Å². The molecule has 21 heteroatoms. The Morgan fingerprint density at radius 2 is 1.73 bits per heavy atom. The summed E-state index contributed by atoms with van der Waals surface area (Å²) in [4.78, 5) is 73.6. The molecular weight excluding hydrogens is 996 g/mol. The molecule has 3 aliphatic heterocycles. The SMILES string of the molecule is CCCC(C)N1C(=O)c2cccc3c(C4CCN(c5cc6nc(CS(=O)(=O)N7CCC(Nc8cccc(-c9sc(C=O)c(OCC(=O)O)c9Cl)c8)CC7(C)C)cnc6cn5)CC4)ccc1c23.CO.O=CNC=O. The van der Waals surface area contributed by atoms with Crippen molar-refractivity contribution in [2.24, 2.45) is 0 Å². The first-order chi connectivity index (χ1) is 35.1. The number of nitrogens with zero attached hydrogens (tertiary/aromatic N) is 6. The first-order valence-electron chi connectivity index (χ1n) is 23.9. The maximum atomic E-state index is 14.1. The number of aliphatic hydroxyl groups excluding tert-OH is 1. The van der Waals surface area contributed by atoms with Crippen molar-refractivity contribution >= 4 is 103 Å². The van der Waals surface area contributed by atoms with Crippen LogP contribution in [0.15, 0.2) is 73.1 Å². The molecule has 9 rings (SSSR count). The van der Waals surface area contributed by atoms with Gasteiger partial charge in [-0.2, -0.15) is 4.31 Å². The fraction of sp³-hybridized carbons (Fsp3) is 0.385. The third kappa shape index (κ3) is 11.8. The third-order valence-electron chi connectivity index (χ3n) is 13.3. The van der Waals surface area contributed by atoms with Gasteiger partial charge in [0.15, 0.2) is 18.6 Å². The maximum absolute atomic E-state index is 14.1. The number of hydrogen-bond donors (Lipinski definition) is 4. The van der Waals surface area contributed by atoms with Crippen LogP contribution >= 0.6 is 22.9 Å². The number of nitrogens with one attached hydrogen (secondary N) is 2. The van der Waals surface area contributed by atoms with Crippen LogP contribution in [0, 0.1) is 0 Å². The number of carboxylic acid groups (broad SMARTS) is 1. The molecule has 2 atom stereocenters. The van der Waals surface area contributed by atoms with E-state index in [1.54, 1.807) is 15.8 Å². The number of hydrogen-bond acceptors (Lipinski definition) is 15. The number of aldehydes is 1. The lowest BCUT2D eigenvalue weighted by Gasteiger charge is -2.44. The Morgan fingerprint density at radius 3 is 2.40 bits per heavy atom. The highest BCUT2D eigenvalue weighted by Crippen LogP contribution is 2.46. The second-order valence-corrected chi connectivity index (χ2v) is 21.9. The van der Waals surface area contributed by atoms with Gasteiger partial charge in [0.1, 0.15) is 27.0 Å². The molecule has 18 nitrogen and oxygen atoms in total. The zero-order valence-electron chi connectivity index (χ0n) is 41.2. The molecule has 3 amide bonds. The van der Waals surface area contributed by atoms with Crippen molar-refractivity contribution in [3.8, 4) is 16.2 Å². The molecule has 3 aromatic heterocycles. The Kier molecular flexibility index (Phi) is 17.5. The summed E-state index contributed by atoms with van der Waals surface area (Å²) in [5, 5.41) is 23.8. The first kappa shape index (κ1) is 54.2. The standard InChI is InChI=1S/C49H52ClN7O7S2.C2H3NO2.CH4O/c1-5-8-29(2)57-40-14-13-35(36-11-7-12-37(44(36)40)48(57)61)30-15-18-55(19-16-30)42-22-38-39(25-52-42)51-24-34(54-38)28-66(62,63)56-20-17-33(23-49(56,3)4)53-32-10-6-9-31(21-32)47-45(50)46(41(26-58)65-47)64-27-43(59)60;4-1-3-2-5;1-2/h6-7,9-14,21-22,24-26,29-30,33,53H,5,8,15-20,23,27-28H2,1-4H3,(H,59,60);1-2H,(H,3,4,5);2H,1H3. The van der Waals surface area contributed by atoms with Crippen LogP contribution in [-0.2, 0) is 30.2 Å². The second-order valence-electron chi connectivity index (χ2n) is 18.6. The van der Waals surface area contributed by atoms with E-state index in [2.05, 4.69) is 47.2 Å². The van der Waals surface area contributed by atoms with Crippen molar-refractivity contribution in [2.75, 3.05) is 48.5 Å². The predicted molar refractivity (Wildman–Crippen MR) is 283 cm³/mol. The number of ether oxygens (including phenoxy) is 1. The molecule has 2 saturated heterocycles. The summed E-state index contributed by atoms with van der Waals surface area (Å²) < 4.78 is 35.2. The Balaban J connectivity index is 0.00000105. The van der Waals surface area contributed by atoms with Gasteiger partial charge in [-0.1, -0.05) is 55.3 Å². The number of carbonyl (C=O) groups excluding carboxylic acids is 4. The zero-order valence-corrected chi connectivity index (χ0v) is 43.6. The van der Waals surface area contributed by atoms with Gasteiger partial charge < -0.3 is 35.4 Å². The van der Waals surface area contributed by atoms with Crippen molar-refractivity contribution in [2.45, 2.75) is 95.5 Å². The minimum Gasteiger partial charge on any atom is -0.479 e. The number of carbonyl (C=O) groups is 5. The quantitative estimate of drug-likeness (QED) is 0.0632. The minimum atomic E-state index is -3.80. The van der Waals surface area contributed by atoms with Crippen LogP contribution in [0.4, 0.5) is 17.2 Å². The molecule has 6 aromatic rings. The van der Waals surface area contributed by atoms with Crippen LogP contribution in [0.2, 0.25) is 5.02 Å². The van der Waals surface area contributed by atoms with Gasteiger partial charge >= 0.3 is 5.97 Å². The Bertz CT molecular complexity index is 3120. The lowest BCUT2D eigenvalue weighted by atomic mass is 9.85. The van der Waals surface area contributed by atoms with E-state index in [-0.39, 0.29) is 39.4 Å². The van der Waals surface area contributed by atoms with Gasteiger partial charge in [-0.05, 0) is 99.6 Å². The largest absolute Gasteiger partial charge is 0.479 e. The molecule has 0 aliphatic carbocycles. The van der Waals surface area contributed by atoms with Gasteiger partial charge in [-0.15, -0.1) is 11.3 Å². The predicted octanol–water partition coefficient (Wildman–Crippen LogP) is 8.05. The summed E-state index contributed by atoms with van der Waals surface area (Å²) in [6.45, 7) is 9.40. The van der Waals surface area contributed by atoms with Gasteiger partial charge in [0.25, 0.3) is 5.91 Å². The van der Waals surface area contributed by atoms with Gasteiger partial charge in [0.05, 0.1) is 34.2 Å². The summed E-state index contributed by atoms with van der Waals surface area (Å²) in [5.41, 5.74) is 5.43. The van der Waals surface area contributed by atoms with E-state index < -0.39 is 28.1 Å². The number of halogens is 1. The summed E-state index contributed by atoms with van der Waals surface area (Å²) >= 11 is 7.70. The number of aliphatic hydroxyl groups is 1. The van der Waals surface area contributed by atoms with Gasteiger partial charge in [0.2, 0.25) is 22.8 Å². The maximum Gasteiger partial charge on any atom is 0.341 e. The van der Waals surface area contributed by atoms with E-state index in [0.29, 0.717) is 66.0 Å². The van der Waals surface area contributed by atoms with Gasteiger partial charge in [0, 0.05) is 67.1 Å². The molecule has 2 unspecified atom stereocenters. The third-order valence-corrected chi connectivity index (χ3v) is 16.9. The molecule has 0 saturated carbocycles. The average molecular weight is 1060 g/mol. The fourth-order valence-electron chi connectivity index (χ4n) is 10.2. The summed E-state index contributed by atoms with van der Waals surface area (Å²) in [7, 11) is -2.80. The number of fused-ring (bicyclic) bond motifs is 1. The smallest absolute Gasteiger partial charge is 0.341 e. The number of sulfonamides is 1. The van der Waals surface area contributed by atoms with E-state index in [1.807, 2.05) is 61.2 Å². The highest BCUT2D eigenvalue weighted by molar-refractivity contribution is 7.88. The molecule has 0 spiro atoms. The van der Waals surface area contributed by atoms with Crippen LogP contribution in [0.1, 0.15) is 103 Å². The molecule has 3 aliphatic rings. The van der Waals surface area contributed by atoms with Crippen LogP contribution in [0.3, 0.4) is 0 Å². The molecule has 0 bridgehead atoms. The molecule has 3 aromatic carbocycles. The van der Waals surface area contributed by atoms with Crippen LogP contribution in [0.25, 0.3) is 32.2 Å². The molecule has 2 fully saturated rings. The van der Waals surface area contributed by atoms with E-state index in [9.17, 15) is 22.8 Å². The number of thiophene rings is 1. The topological polar surface area (TPSA) is 242 Å². The number of carboxylic acids is 1. The zero-order chi connectivity index (χ0) is 52.6. The number of rotatable bonds is 17. The number of benzene rings is 3. The van der Waals surface area contributed by atoms with E-state index in [0.717, 1.165) is 96.3 Å². The number of anilines is 3.